The van der Waals surface area contributed by atoms with Crippen LogP contribution in [0.1, 0.15) is 38.2 Å². The van der Waals surface area contributed by atoms with Gasteiger partial charge in [0.2, 0.25) is 10.0 Å². The molecule has 1 aliphatic heterocycles. The van der Waals surface area contributed by atoms with Gasteiger partial charge in [0.15, 0.2) is 0 Å². The first-order valence-electron chi connectivity index (χ1n) is 8.66. The molecule has 0 spiro atoms. The molecule has 1 aromatic rings. The summed E-state index contributed by atoms with van der Waals surface area (Å²) in [5.74, 6) is 1.18. The van der Waals surface area contributed by atoms with E-state index < -0.39 is 10.0 Å². The average Bonchev–Trinajstić information content (AvgIpc) is 2.95. The first kappa shape index (κ1) is 16.7. The summed E-state index contributed by atoms with van der Waals surface area (Å²) in [6.07, 6.45) is 6.67. The van der Waals surface area contributed by atoms with E-state index in [2.05, 4.69) is 13.5 Å². The summed E-state index contributed by atoms with van der Waals surface area (Å²) in [6, 6.07) is 7.29. The van der Waals surface area contributed by atoms with Crippen LogP contribution in [0.5, 0.6) is 0 Å². The molecule has 23 heavy (non-hydrogen) atoms. The molecule has 0 unspecified atom stereocenters. The van der Waals surface area contributed by atoms with Gasteiger partial charge in [-0.1, -0.05) is 43.5 Å². The van der Waals surface area contributed by atoms with E-state index in [1.165, 1.54) is 12.8 Å². The van der Waals surface area contributed by atoms with E-state index in [0.717, 1.165) is 18.4 Å². The van der Waals surface area contributed by atoms with E-state index in [0.29, 0.717) is 23.3 Å². The van der Waals surface area contributed by atoms with E-state index in [9.17, 15) is 8.42 Å². The molecule has 2 aliphatic rings. The highest BCUT2D eigenvalue weighted by molar-refractivity contribution is 7.89. The lowest BCUT2D eigenvalue weighted by atomic mass is 9.75. The molecule has 1 saturated heterocycles. The molecular weight excluding hydrogens is 306 g/mol. The minimum atomic E-state index is -3.43. The zero-order valence-corrected chi connectivity index (χ0v) is 14.9. The Bertz CT molecular complexity index is 665. The Morgan fingerprint density at radius 2 is 1.87 bits per heavy atom. The highest BCUT2D eigenvalue weighted by Gasteiger charge is 2.49. The average molecular weight is 333 g/mol. The minimum Gasteiger partial charge on any atom is -0.207 e. The highest BCUT2D eigenvalue weighted by Crippen LogP contribution is 2.45. The van der Waals surface area contributed by atoms with Crippen molar-refractivity contribution in [3.63, 3.8) is 0 Å². The van der Waals surface area contributed by atoms with Gasteiger partial charge >= 0.3 is 0 Å². The second-order valence-corrected chi connectivity index (χ2v) is 9.07. The number of fused-ring (bicyclic) bond motifs is 1. The molecule has 1 aliphatic carbocycles. The molecule has 0 aromatic heterocycles. The van der Waals surface area contributed by atoms with Gasteiger partial charge in [-0.05, 0) is 49.7 Å². The van der Waals surface area contributed by atoms with Gasteiger partial charge in [-0.2, -0.15) is 4.31 Å². The summed E-state index contributed by atoms with van der Waals surface area (Å²) in [7, 11) is -3.43. The van der Waals surface area contributed by atoms with E-state index in [1.54, 1.807) is 16.4 Å². The van der Waals surface area contributed by atoms with Crippen molar-refractivity contribution in [1.29, 1.82) is 0 Å². The summed E-state index contributed by atoms with van der Waals surface area (Å²) >= 11 is 0. The monoisotopic (exact) mass is 333 g/mol. The molecule has 1 saturated carbocycles. The van der Waals surface area contributed by atoms with Crippen molar-refractivity contribution in [3.8, 4) is 0 Å². The quantitative estimate of drug-likeness (QED) is 0.781. The number of hydrogen-bond acceptors (Lipinski definition) is 2. The van der Waals surface area contributed by atoms with Gasteiger partial charge < -0.3 is 0 Å². The van der Waals surface area contributed by atoms with Crippen LogP contribution in [0.3, 0.4) is 0 Å². The Morgan fingerprint density at radius 1 is 1.22 bits per heavy atom. The van der Waals surface area contributed by atoms with Crippen molar-refractivity contribution in [3.05, 3.63) is 42.5 Å². The third-order valence-electron chi connectivity index (χ3n) is 5.69. The summed E-state index contributed by atoms with van der Waals surface area (Å²) in [5, 5.41) is 0. The molecule has 1 aromatic carbocycles. The molecule has 3 rings (SSSR count). The maximum Gasteiger partial charge on any atom is 0.243 e. The van der Waals surface area contributed by atoms with Crippen LogP contribution < -0.4 is 0 Å². The number of sulfonamides is 1. The Kier molecular flexibility index (Phi) is 4.65. The normalized spacial score (nSPS) is 29.9. The summed E-state index contributed by atoms with van der Waals surface area (Å²) in [5.41, 5.74) is 1.08. The number of aryl methyl sites for hydroxylation is 1. The molecule has 0 radical (unpaired) electrons. The van der Waals surface area contributed by atoms with Crippen LogP contribution in [0, 0.1) is 24.7 Å². The van der Waals surface area contributed by atoms with Crippen molar-refractivity contribution >= 4 is 10.0 Å². The summed E-state index contributed by atoms with van der Waals surface area (Å²) in [4.78, 5) is 0.419. The predicted molar refractivity (Wildman–Crippen MR) is 93.7 cm³/mol. The van der Waals surface area contributed by atoms with Crippen LogP contribution in [0.15, 0.2) is 41.8 Å². The van der Waals surface area contributed by atoms with Crippen molar-refractivity contribution in [1.82, 2.24) is 4.31 Å². The van der Waals surface area contributed by atoms with Crippen molar-refractivity contribution in [2.24, 2.45) is 17.8 Å². The molecule has 3 nitrogen and oxygen atoms in total. The zero-order valence-electron chi connectivity index (χ0n) is 14.1. The Hall–Kier alpha value is -1.13. The van der Waals surface area contributed by atoms with Crippen LogP contribution in [0.25, 0.3) is 0 Å². The second-order valence-electron chi connectivity index (χ2n) is 7.18. The van der Waals surface area contributed by atoms with Crippen molar-refractivity contribution in [2.75, 3.05) is 6.54 Å². The van der Waals surface area contributed by atoms with E-state index in [-0.39, 0.29) is 12.0 Å². The fraction of sp³-hybridized carbons (Fsp3) is 0.579. The third kappa shape index (κ3) is 2.99. The van der Waals surface area contributed by atoms with Crippen LogP contribution in [-0.4, -0.2) is 25.3 Å². The lowest BCUT2D eigenvalue weighted by molar-refractivity contribution is 0.225. The number of rotatable bonds is 4. The predicted octanol–water partition coefficient (Wildman–Crippen LogP) is 4.00. The fourth-order valence-corrected chi connectivity index (χ4v) is 6.18. The Balaban J connectivity index is 1.98. The van der Waals surface area contributed by atoms with Gasteiger partial charge in [0.1, 0.15) is 0 Å². The number of hydrogen-bond donors (Lipinski definition) is 0. The van der Waals surface area contributed by atoms with Crippen molar-refractivity contribution < 1.29 is 8.42 Å². The minimum absolute atomic E-state index is 0.0594. The summed E-state index contributed by atoms with van der Waals surface area (Å²) < 4.78 is 28.2. The van der Waals surface area contributed by atoms with Gasteiger partial charge in [0.25, 0.3) is 0 Å². The van der Waals surface area contributed by atoms with Crippen LogP contribution in [0.2, 0.25) is 0 Å². The van der Waals surface area contributed by atoms with Gasteiger partial charge in [-0.15, -0.1) is 6.58 Å². The molecule has 0 N–H and O–H groups in total. The zero-order chi connectivity index (χ0) is 16.6. The maximum absolute atomic E-state index is 13.2. The van der Waals surface area contributed by atoms with Crippen LogP contribution >= 0.6 is 0 Å². The molecule has 126 valence electrons. The molecule has 1 heterocycles. The van der Waals surface area contributed by atoms with Gasteiger partial charge in [0, 0.05) is 12.6 Å². The maximum atomic E-state index is 13.2. The summed E-state index contributed by atoms with van der Waals surface area (Å²) in [6.45, 7) is 8.67. The van der Waals surface area contributed by atoms with E-state index in [1.807, 2.05) is 25.1 Å². The second kappa shape index (κ2) is 6.40. The first-order chi connectivity index (χ1) is 10.9. The lowest BCUT2D eigenvalue weighted by Crippen LogP contribution is -2.41. The van der Waals surface area contributed by atoms with Gasteiger partial charge in [0.05, 0.1) is 4.90 Å². The standard InChI is InChI=1S/C19H27NO2S/c1-4-15(3)19-18-8-6-5-7-16(18)13-20(19)23(21,22)17-11-9-14(2)10-12-17/h4,9-12,15-16,18-19H,1,5-8,13H2,2-3H3/t15-,16+,18+,19-/m0/s1. The molecule has 0 bridgehead atoms. The SMILES string of the molecule is C=C[C@H](C)[C@H]1[C@@H]2CCCC[C@@H]2CN1S(=O)(=O)c1ccc(C)cc1. The molecule has 0 amide bonds. The first-order valence-corrected chi connectivity index (χ1v) is 10.1. The van der Waals surface area contributed by atoms with Crippen LogP contribution in [0.4, 0.5) is 0 Å². The van der Waals surface area contributed by atoms with E-state index >= 15 is 0 Å². The molecule has 2 fully saturated rings. The molecule has 4 heteroatoms. The highest BCUT2D eigenvalue weighted by atomic mass is 32.2. The van der Waals surface area contributed by atoms with E-state index in [4.69, 9.17) is 0 Å². The van der Waals surface area contributed by atoms with Crippen LogP contribution in [-0.2, 0) is 10.0 Å². The topological polar surface area (TPSA) is 37.4 Å². The van der Waals surface area contributed by atoms with Crippen molar-refractivity contribution in [2.45, 2.75) is 50.5 Å². The molecular formula is C19H27NO2S. The fourth-order valence-electron chi connectivity index (χ4n) is 4.37. The lowest BCUT2D eigenvalue weighted by Gasteiger charge is -2.33. The van der Waals surface area contributed by atoms with Gasteiger partial charge in [-0.3, -0.25) is 0 Å². The Labute approximate surface area is 140 Å². The van der Waals surface area contributed by atoms with Gasteiger partial charge in [-0.25, -0.2) is 8.42 Å². The largest absolute Gasteiger partial charge is 0.243 e. The number of nitrogens with zero attached hydrogens (tertiary/aromatic N) is 1. The third-order valence-corrected chi connectivity index (χ3v) is 7.57. The Morgan fingerprint density at radius 3 is 2.52 bits per heavy atom. The smallest absolute Gasteiger partial charge is 0.207 e. The number of benzene rings is 1. The molecule has 4 atom stereocenters.